The largest absolute Gasteiger partial charge is 0.475 e. The van der Waals surface area contributed by atoms with Crippen LogP contribution in [0.4, 0.5) is 0 Å². The zero-order chi connectivity index (χ0) is 23.5. The Morgan fingerprint density at radius 3 is 2.66 bits per heavy atom. The van der Waals surface area contributed by atoms with Gasteiger partial charge in [-0.2, -0.15) is 5.26 Å². The Bertz CT molecular complexity index is 769. The molecule has 1 unspecified atom stereocenters. The van der Waals surface area contributed by atoms with Crippen LogP contribution in [0.1, 0.15) is 45.1 Å². The second-order valence-corrected chi connectivity index (χ2v) is 8.74. The van der Waals surface area contributed by atoms with Crippen LogP contribution < -0.4 is 5.32 Å². The molecule has 32 heavy (non-hydrogen) atoms. The maximum atomic E-state index is 12.7. The minimum absolute atomic E-state index is 0.0762. The van der Waals surface area contributed by atoms with Crippen molar-refractivity contribution in [2.45, 2.75) is 57.9 Å². The number of ether oxygens (including phenoxy) is 1. The molecule has 0 aliphatic carbocycles. The van der Waals surface area contributed by atoms with Gasteiger partial charge in [0.2, 0.25) is 11.8 Å². The smallest absolute Gasteiger partial charge is 0.426 e. The monoisotopic (exact) mass is 443 g/mol. The Balaban J connectivity index is 1.76. The summed E-state index contributed by atoms with van der Waals surface area (Å²) >= 11 is 0. The van der Waals surface area contributed by atoms with E-state index in [2.05, 4.69) is 11.4 Å². The van der Waals surface area contributed by atoms with Gasteiger partial charge in [-0.1, -0.05) is 44.2 Å². The lowest BCUT2D eigenvalue weighted by atomic mass is 9.76. The van der Waals surface area contributed by atoms with Gasteiger partial charge in [0.15, 0.2) is 0 Å². The van der Waals surface area contributed by atoms with E-state index in [0.29, 0.717) is 26.0 Å². The molecule has 2 rings (SSSR count). The highest BCUT2D eigenvalue weighted by Gasteiger charge is 2.33. The Morgan fingerprint density at radius 1 is 1.31 bits per heavy atom. The first-order valence-corrected chi connectivity index (χ1v) is 11.3. The Kier molecular flexibility index (Phi) is 10.7. The average molecular weight is 443 g/mol. The summed E-state index contributed by atoms with van der Waals surface area (Å²) in [5, 5.41) is 31.2. The molecule has 0 spiro atoms. The molecule has 0 bridgehead atoms. The van der Waals surface area contributed by atoms with Crippen molar-refractivity contribution in [2.75, 3.05) is 19.8 Å². The van der Waals surface area contributed by atoms with Crippen LogP contribution in [0, 0.1) is 23.2 Å². The maximum absolute atomic E-state index is 12.7. The zero-order valence-electron chi connectivity index (χ0n) is 18.9. The van der Waals surface area contributed by atoms with Crippen LogP contribution in [0.25, 0.3) is 0 Å². The van der Waals surface area contributed by atoms with Crippen molar-refractivity contribution in [3.8, 4) is 6.07 Å². The summed E-state index contributed by atoms with van der Waals surface area (Å²) in [6, 6.07) is 11.3. The predicted molar refractivity (Wildman–Crippen MR) is 121 cm³/mol. The molecule has 0 radical (unpaired) electrons. The lowest BCUT2D eigenvalue weighted by molar-refractivity contribution is -0.136. The first-order valence-electron chi connectivity index (χ1n) is 11.3. The molecular weight excluding hydrogens is 409 g/mol. The van der Waals surface area contributed by atoms with E-state index in [0.717, 1.165) is 18.4 Å². The van der Waals surface area contributed by atoms with Gasteiger partial charge in [0, 0.05) is 13.0 Å². The number of nitrogens with one attached hydrogen (secondary N) is 1. The number of carbonyl (C=O) groups is 2. The molecule has 9 heteroatoms. The standard InChI is InChI=1S/C23H34BN3O5/c1-17(2)13-19(15-25)23(29)27-11-6-9-20(27)16-32-12-10-22(28)26-21(24(30)31)14-18-7-4-3-5-8-18/h3-5,7-8,17,19-21,30-31H,6,9-14,16H2,1-2H3,(H,26,28)/t19?,20-,21+/m1/s1. The lowest BCUT2D eigenvalue weighted by Crippen LogP contribution is -2.48. The molecule has 0 aromatic heterocycles. The van der Waals surface area contributed by atoms with Crippen LogP contribution in [0.2, 0.25) is 0 Å². The number of amides is 2. The van der Waals surface area contributed by atoms with Gasteiger partial charge in [-0.15, -0.1) is 0 Å². The van der Waals surface area contributed by atoms with Crippen molar-refractivity contribution >= 4 is 18.9 Å². The maximum Gasteiger partial charge on any atom is 0.475 e. The number of benzene rings is 1. The van der Waals surface area contributed by atoms with Gasteiger partial charge in [-0.3, -0.25) is 9.59 Å². The van der Waals surface area contributed by atoms with Gasteiger partial charge in [0.05, 0.1) is 31.3 Å². The molecule has 8 nitrogen and oxygen atoms in total. The molecule has 3 atom stereocenters. The SMILES string of the molecule is CC(C)CC(C#N)C(=O)N1CCC[C@@H]1COCCC(=O)N[C@@H](Cc1ccccc1)B(O)O. The Labute approximate surface area is 190 Å². The minimum atomic E-state index is -1.67. The summed E-state index contributed by atoms with van der Waals surface area (Å²) < 4.78 is 5.66. The third-order valence-corrected chi connectivity index (χ3v) is 5.61. The van der Waals surface area contributed by atoms with Crippen LogP contribution in [-0.2, 0) is 20.7 Å². The fourth-order valence-corrected chi connectivity index (χ4v) is 3.94. The normalized spacial score (nSPS) is 17.6. The van der Waals surface area contributed by atoms with Gasteiger partial charge in [0.25, 0.3) is 0 Å². The van der Waals surface area contributed by atoms with Gasteiger partial charge < -0.3 is 25.0 Å². The number of hydrogen-bond donors (Lipinski definition) is 3. The molecular formula is C23H34BN3O5. The Hall–Kier alpha value is -2.41. The van der Waals surface area contributed by atoms with E-state index in [1.807, 2.05) is 44.2 Å². The molecule has 2 amide bonds. The molecule has 1 saturated heterocycles. The van der Waals surface area contributed by atoms with Crippen LogP contribution in [0.15, 0.2) is 30.3 Å². The van der Waals surface area contributed by atoms with Gasteiger partial charge >= 0.3 is 7.12 Å². The predicted octanol–water partition coefficient (Wildman–Crippen LogP) is 1.31. The summed E-state index contributed by atoms with van der Waals surface area (Å²) in [6.07, 6.45) is 2.61. The van der Waals surface area contributed by atoms with Crippen molar-refractivity contribution in [1.29, 1.82) is 5.26 Å². The Morgan fingerprint density at radius 2 is 2.03 bits per heavy atom. The number of hydrogen-bond acceptors (Lipinski definition) is 6. The summed E-state index contributed by atoms with van der Waals surface area (Å²) in [6.45, 7) is 5.09. The molecule has 1 aromatic rings. The summed E-state index contributed by atoms with van der Waals surface area (Å²) in [5.41, 5.74) is 0.890. The summed E-state index contributed by atoms with van der Waals surface area (Å²) in [4.78, 5) is 26.7. The minimum Gasteiger partial charge on any atom is -0.426 e. The van der Waals surface area contributed by atoms with E-state index < -0.39 is 19.0 Å². The van der Waals surface area contributed by atoms with E-state index in [1.54, 1.807) is 4.90 Å². The molecule has 3 N–H and O–H groups in total. The molecule has 1 heterocycles. The van der Waals surface area contributed by atoms with Crippen LogP contribution in [0.3, 0.4) is 0 Å². The molecule has 0 saturated carbocycles. The molecule has 1 aliphatic heterocycles. The zero-order valence-corrected chi connectivity index (χ0v) is 18.9. The molecule has 1 aromatic carbocycles. The van der Waals surface area contributed by atoms with Gasteiger partial charge in [-0.25, -0.2) is 0 Å². The fourth-order valence-electron chi connectivity index (χ4n) is 3.94. The van der Waals surface area contributed by atoms with Crippen LogP contribution in [0.5, 0.6) is 0 Å². The highest BCUT2D eigenvalue weighted by atomic mass is 16.5. The van der Waals surface area contributed by atoms with E-state index in [9.17, 15) is 24.9 Å². The quantitative estimate of drug-likeness (QED) is 0.331. The topological polar surface area (TPSA) is 123 Å². The van der Waals surface area contributed by atoms with E-state index >= 15 is 0 Å². The third-order valence-electron chi connectivity index (χ3n) is 5.61. The first kappa shape index (κ1) is 25.9. The molecule has 174 valence electrons. The lowest BCUT2D eigenvalue weighted by Gasteiger charge is -2.27. The fraction of sp³-hybridized carbons (Fsp3) is 0.609. The van der Waals surface area contributed by atoms with E-state index in [4.69, 9.17) is 4.74 Å². The number of rotatable bonds is 12. The van der Waals surface area contributed by atoms with Crippen molar-refractivity contribution in [3.63, 3.8) is 0 Å². The second-order valence-electron chi connectivity index (χ2n) is 8.74. The van der Waals surface area contributed by atoms with Crippen molar-refractivity contribution < 1.29 is 24.4 Å². The van der Waals surface area contributed by atoms with Crippen LogP contribution >= 0.6 is 0 Å². The number of likely N-dealkylation sites (tertiary alicyclic amines) is 1. The number of carbonyl (C=O) groups excluding carboxylic acids is 2. The van der Waals surface area contributed by atoms with E-state index in [1.165, 1.54) is 0 Å². The number of nitrogens with zero attached hydrogens (tertiary/aromatic N) is 2. The van der Waals surface area contributed by atoms with Gasteiger partial charge in [0.1, 0.15) is 5.92 Å². The van der Waals surface area contributed by atoms with Crippen molar-refractivity contribution in [3.05, 3.63) is 35.9 Å². The van der Waals surface area contributed by atoms with Crippen LogP contribution in [-0.4, -0.2) is 65.6 Å². The summed E-state index contributed by atoms with van der Waals surface area (Å²) in [7, 11) is -1.67. The summed E-state index contributed by atoms with van der Waals surface area (Å²) in [5.74, 6) is -1.64. The van der Waals surface area contributed by atoms with E-state index in [-0.39, 0.29) is 36.8 Å². The molecule has 1 aliphatic rings. The highest BCUT2D eigenvalue weighted by molar-refractivity contribution is 6.43. The van der Waals surface area contributed by atoms with Gasteiger partial charge in [-0.05, 0) is 37.2 Å². The van der Waals surface area contributed by atoms with Crippen molar-refractivity contribution in [1.82, 2.24) is 10.2 Å². The molecule has 1 fully saturated rings. The van der Waals surface area contributed by atoms with Crippen molar-refractivity contribution in [2.24, 2.45) is 11.8 Å². The second kappa shape index (κ2) is 13.2. The third kappa shape index (κ3) is 8.27. The first-order chi connectivity index (χ1) is 15.3. The number of nitriles is 1. The average Bonchev–Trinajstić information content (AvgIpc) is 3.23. The highest BCUT2D eigenvalue weighted by Crippen LogP contribution is 2.23.